The van der Waals surface area contributed by atoms with Crippen molar-refractivity contribution >= 4 is 11.8 Å². The molecule has 0 amide bonds. The smallest absolute Gasteiger partial charge is 0.231 e. The van der Waals surface area contributed by atoms with Crippen LogP contribution in [0.4, 0.5) is 11.8 Å². The summed E-state index contributed by atoms with van der Waals surface area (Å²) >= 11 is 0. The Morgan fingerprint density at radius 1 is 1.14 bits per heavy atom. The lowest BCUT2D eigenvalue weighted by atomic mass is 10.2. The fraction of sp³-hybridized carbons (Fsp3) is 0.375. The molecule has 1 aliphatic heterocycles. The minimum atomic E-state index is 0.292. The lowest BCUT2D eigenvalue weighted by Crippen LogP contribution is -2.07. The summed E-state index contributed by atoms with van der Waals surface area (Å²) in [7, 11) is 0. The molecule has 2 N–H and O–H groups in total. The molecule has 0 aliphatic carbocycles. The number of hydrogen-bond donors (Lipinski definition) is 2. The molecule has 0 atom stereocenters. The summed E-state index contributed by atoms with van der Waals surface area (Å²) < 4.78 is 10.7. The van der Waals surface area contributed by atoms with E-state index in [0.717, 1.165) is 42.3 Å². The van der Waals surface area contributed by atoms with Gasteiger partial charge < -0.3 is 20.1 Å². The zero-order valence-electron chi connectivity index (χ0n) is 12.6. The van der Waals surface area contributed by atoms with E-state index < -0.39 is 0 Å². The molecule has 0 saturated carbocycles. The maximum atomic E-state index is 5.37. The van der Waals surface area contributed by atoms with Crippen LogP contribution in [0.3, 0.4) is 0 Å². The van der Waals surface area contributed by atoms with Crippen molar-refractivity contribution in [1.29, 1.82) is 0 Å². The molecule has 1 aromatic heterocycles. The molecule has 1 aromatic carbocycles. The number of unbranched alkanes of at least 4 members (excludes halogenated alkanes) is 1. The zero-order chi connectivity index (χ0) is 15.2. The molecule has 2 heterocycles. The standard InChI is InChI=1S/C16H20N4O2/c1-2-3-7-17-15-6-8-18-16(20-15)19-10-12-4-5-13-14(9-12)22-11-21-13/h4-6,8-9H,2-3,7,10-11H2,1H3,(H2,17,18,19,20). The van der Waals surface area contributed by atoms with Gasteiger partial charge in [-0.15, -0.1) is 0 Å². The lowest BCUT2D eigenvalue weighted by Gasteiger charge is -2.08. The molecule has 0 spiro atoms. The van der Waals surface area contributed by atoms with Gasteiger partial charge in [-0.2, -0.15) is 4.98 Å². The Labute approximate surface area is 129 Å². The Balaban J connectivity index is 1.58. The summed E-state index contributed by atoms with van der Waals surface area (Å²) in [6.45, 7) is 4.02. The van der Waals surface area contributed by atoms with Crippen molar-refractivity contribution in [2.45, 2.75) is 26.3 Å². The van der Waals surface area contributed by atoms with E-state index >= 15 is 0 Å². The molecule has 0 radical (unpaired) electrons. The van der Waals surface area contributed by atoms with Crippen molar-refractivity contribution in [3.8, 4) is 11.5 Å². The van der Waals surface area contributed by atoms with Crippen molar-refractivity contribution in [1.82, 2.24) is 9.97 Å². The van der Waals surface area contributed by atoms with Crippen LogP contribution in [-0.2, 0) is 6.54 Å². The Bertz CT molecular complexity index is 633. The monoisotopic (exact) mass is 300 g/mol. The Morgan fingerprint density at radius 2 is 2.05 bits per heavy atom. The van der Waals surface area contributed by atoms with E-state index in [1.165, 1.54) is 0 Å². The predicted molar refractivity (Wildman–Crippen MR) is 85.3 cm³/mol. The Kier molecular flexibility index (Phi) is 4.58. The first-order valence-electron chi connectivity index (χ1n) is 7.54. The highest BCUT2D eigenvalue weighted by Crippen LogP contribution is 2.32. The third-order valence-electron chi connectivity index (χ3n) is 3.38. The van der Waals surface area contributed by atoms with Crippen molar-refractivity contribution in [2.75, 3.05) is 24.0 Å². The molecular formula is C16H20N4O2. The van der Waals surface area contributed by atoms with Crippen molar-refractivity contribution < 1.29 is 9.47 Å². The second-order valence-corrected chi connectivity index (χ2v) is 5.09. The highest BCUT2D eigenvalue weighted by Gasteiger charge is 2.13. The fourth-order valence-electron chi connectivity index (χ4n) is 2.17. The summed E-state index contributed by atoms with van der Waals surface area (Å²) in [5.41, 5.74) is 1.09. The zero-order valence-corrected chi connectivity index (χ0v) is 12.6. The predicted octanol–water partition coefficient (Wildman–Crippen LogP) is 3.03. The molecule has 0 bridgehead atoms. The first-order chi connectivity index (χ1) is 10.8. The fourth-order valence-corrected chi connectivity index (χ4v) is 2.17. The van der Waals surface area contributed by atoms with Crippen molar-refractivity contribution in [2.24, 2.45) is 0 Å². The third kappa shape index (κ3) is 3.58. The van der Waals surface area contributed by atoms with E-state index in [4.69, 9.17) is 9.47 Å². The number of nitrogens with zero attached hydrogens (tertiary/aromatic N) is 2. The van der Waals surface area contributed by atoms with E-state index in [9.17, 15) is 0 Å². The topological polar surface area (TPSA) is 68.3 Å². The first-order valence-corrected chi connectivity index (χ1v) is 7.54. The van der Waals surface area contributed by atoms with Crippen LogP contribution in [-0.4, -0.2) is 23.3 Å². The van der Waals surface area contributed by atoms with E-state index in [1.807, 2.05) is 24.3 Å². The third-order valence-corrected chi connectivity index (χ3v) is 3.38. The van der Waals surface area contributed by atoms with E-state index in [1.54, 1.807) is 6.20 Å². The van der Waals surface area contributed by atoms with Gasteiger partial charge in [0.2, 0.25) is 12.7 Å². The van der Waals surface area contributed by atoms with Gasteiger partial charge >= 0.3 is 0 Å². The quantitative estimate of drug-likeness (QED) is 0.766. The summed E-state index contributed by atoms with van der Waals surface area (Å²) in [6.07, 6.45) is 4.04. The average Bonchev–Trinajstić information content (AvgIpc) is 3.01. The number of benzene rings is 1. The van der Waals surface area contributed by atoms with Gasteiger partial charge in [0.05, 0.1) is 0 Å². The van der Waals surface area contributed by atoms with Crippen LogP contribution in [0.1, 0.15) is 25.3 Å². The van der Waals surface area contributed by atoms with Gasteiger partial charge in [0, 0.05) is 19.3 Å². The maximum Gasteiger partial charge on any atom is 0.231 e. The van der Waals surface area contributed by atoms with Crippen LogP contribution in [0.25, 0.3) is 0 Å². The lowest BCUT2D eigenvalue weighted by molar-refractivity contribution is 0.174. The molecule has 2 aromatic rings. The summed E-state index contributed by atoms with van der Waals surface area (Å²) in [4.78, 5) is 8.68. The molecule has 22 heavy (non-hydrogen) atoms. The highest BCUT2D eigenvalue weighted by molar-refractivity contribution is 5.45. The van der Waals surface area contributed by atoms with Crippen LogP contribution >= 0.6 is 0 Å². The summed E-state index contributed by atoms with van der Waals surface area (Å²) in [5, 5.41) is 6.51. The van der Waals surface area contributed by atoms with Crippen LogP contribution in [0.2, 0.25) is 0 Å². The normalized spacial score (nSPS) is 12.2. The van der Waals surface area contributed by atoms with Crippen LogP contribution < -0.4 is 20.1 Å². The van der Waals surface area contributed by atoms with Crippen molar-refractivity contribution in [3.63, 3.8) is 0 Å². The summed E-state index contributed by atoms with van der Waals surface area (Å²) in [6, 6.07) is 7.77. The molecular weight excluding hydrogens is 280 g/mol. The second-order valence-electron chi connectivity index (χ2n) is 5.09. The number of hydrogen-bond acceptors (Lipinski definition) is 6. The molecule has 116 valence electrons. The largest absolute Gasteiger partial charge is 0.454 e. The van der Waals surface area contributed by atoms with E-state index in [0.29, 0.717) is 19.3 Å². The minimum absolute atomic E-state index is 0.292. The molecule has 0 unspecified atom stereocenters. The Morgan fingerprint density at radius 3 is 2.95 bits per heavy atom. The SMILES string of the molecule is CCCCNc1ccnc(NCc2ccc3c(c2)OCO3)n1. The first kappa shape index (κ1) is 14.4. The van der Waals surface area contributed by atoms with Gasteiger partial charge in [0.25, 0.3) is 0 Å². The number of rotatable bonds is 7. The second kappa shape index (κ2) is 6.98. The molecule has 1 aliphatic rings. The van der Waals surface area contributed by atoms with E-state index in [2.05, 4.69) is 27.5 Å². The summed E-state index contributed by atoms with van der Waals surface area (Å²) in [5.74, 6) is 3.04. The van der Waals surface area contributed by atoms with Gasteiger partial charge in [-0.05, 0) is 30.2 Å². The van der Waals surface area contributed by atoms with Gasteiger partial charge in [-0.25, -0.2) is 4.98 Å². The van der Waals surface area contributed by atoms with Crippen LogP contribution in [0.15, 0.2) is 30.5 Å². The molecule has 0 saturated heterocycles. The van der Waals surface area contributed by atoms with Crippen LogP contribution in [0, 0.1) is 0 Å². The molecule has 3 rings (SSSR count). The number of aromatic nitrogens is 2. The van der Waals surface area contributed by atoms with Gasteiger partial charge in [0.1, 0.15) is 5.82 Å². The molecule has 0 fully saturated rings. The van der Waals surface area contributed by atoms with Gasteiger partial charge in [0.15, 0.2) is 11.5 Å². The van der Waals surface area contributed by atoms with Gasteiger partial charge in [-0.1, -0.05) is 19.4 Å². The molecule has 6 nitrogen and oxygen atoms in total. The number of fused-ring (bicyclic) bond motifs is 1. The average molecular weight is 300 g/mol. The maximum absolute atomic E-state index is 5.37. The highest BCUT2D eigenvalue weighted by atomic mass is 16.7. The van der Waals surface area contributed by atoms with Crippen LogP contribution in [0.5, 0.6) is 11.5 Å². The van der Waals surface area contributed by atoms with E-state index in [-0.39, 0.29) is 0 Å². The minimum Gasteiger partial charge on any atom is -0.454 e. The van der Waals surface area contributed by atoms with Gasteiger partial charge in [-0.3, -0.25) is 0 Å². The number of anilines is 2. The number of nitrogens with one attached hydrogen (secondary N) is 2. The Hall–Kier alpha value is -2.50. The molecule has 6 heteroatoms. The van der Waals surface area contributed by atoms with Crippen molar-refractivity contribution in [3.05, 3.63) is 36.0 Å². The number of ether oxygens (including phenoxy) is 2.